The van der Waals surface area contributed by atoms with Crippen LogP contribution in [0.25, 0.3) is 11.1 Å². The molecule has 22 heavy (non-hydrogen) atoms. The van der Waals surface area contributed by atoms with Crippen molar-refractivity contribution < 1.29 is 17.9 Å². The van der Waals surface area contributed by atoms with Crippen LogP contribution in [0.2, 0.25) is 0 Å². The first-order valence-corrected chi connectivity index (χ1v) is 6.61. The van der Waals surface area contributed by atoms with Gasteiger partial charge in [-0.3, -0.25) is 0 Å². The Kier molecular flexibility index (Phi) is 4.40. The van der Waals surface area contributed by atoms with E-state index in [1.165, 1.54) is 12.1 Å². The Hall–Kier alpha value is -1.72. The van der Waals surface area contributed by atoms with Crippen molar-refractivity contribution in [3.63, 3.8) is 0 Å². The lowest BCUT2D eigenvalue weighted by Gasteiger charge is -2.12. The highest BCUT2D eigenvalue weighted by atomic mass is 35.5. The molecule has 1 fully saturated rings. The Morgan fingerprint density at radius 2 is 1.59 bits per heavy atom. The molecule has 0 atom stereocenters. The zero-order valence-electron chi connectivity index (χ0n) is 11.6. The van der Waals surface area contributed by atoms with E-state index < -0.39 is 6.36 Å². The highest BCUT2D eigenvalue weighted by Gasteiger charge is 2.39. The second-order valence-electron chi connectivity index (χ2n) is 5.31. The summed E-state index contributed by atoms with van der Waals surface area (Å²) in [5.41, 5.74) is 8.76. The Morgan fingerprint density at radius 1 is 0.955 bits per heavy atom. The van der Waals surface area contributed by atoms with E-state index in [0.717, 1.165) is 29.5 Å². The fraction of sp³-hybridized carbons (Fsp3) is 0.250. The third-order valence-corrected chi connectivity index (χ3v) is 3.65. The lowest BCUT2D eigenvalue weighted by Crippen LogP contribution is -2.18. The monoisotopic (exact) mass is 329 g/mol. The van der Waals surface area contributed by atoms with Gasteiger partial charge in [0.25, 0.3) is 0 Å². The maximum atomic E-state index is 12.1. The van der Waals surface area contributed by atoms with Gasteiger partial charge < -0.3 is 10.5 Å². The van der Waals surface area contributed by atoms with E-state index in [1.54, 1.807) is 12.1 Å². The molecule has 2 aromatic carbocycles. The van der Waals surface area contributed by atoms with Crippen LogP contribution in [0.4, 0.5) is 13.2 Å². The molecule has 0 aromatic heterocycles. The van der Waals surface area contributed by atoms with Crippen LogP contribution in [0.3, 0.4) is 0 Å². The predicted octanol–water partition coefficient (Wildman–Crippen LogP) is 4.62. The van der Waals surface area contributed by atoms with E-state index >= 15 is 0 Å². The number of hydrogen-bond donors (Lipinski definition) is 1. The molecule has 0 heterocycles. The third-order valence-electron chi connectivity index (χ3n) is 3.65. The first kappa shape index (κ1) is 16.6. The summed E-state index contributed by atoms with van der Waals surface area (Å²) in [7, 11) is 0. The molecule has 0 bridgehead atoms. The van der Waals surface area contributed by atoms with E-state index in [9.17, 15) is 13.2 Å². The summed E-state index contributed by atoms with van der Waals surface area (Å²) in [6.07, 6.45) is -2.73. The number of benzene rings is 2. The van der Waals surface area contributed by atoms with Crippen LogP contribution in [0.5, 0.6) is 5.75 Å². The maximum absolute atomic E-state index is 12.1. The van der Waals surface area contributed by atoms with Gasteiger partial charge >= 0.3 is 6.36 Å². The first-order valence-electron chi connectivity index (χ1n) is 6.61. The highest BCUT2D eigenvalue weighted by Crippen LogP contribution is 2.43. The van der Waals surface area contributed by atoms with Gasteiger partial charge in [0, 0.05) is 5.54 Å². The number of nitrogens with two attached hydrogens (primary N) is 1. The lowest BCUT2D eigenvalue weighted by molar-refractivity contribution is -0.274. The first-order chi connectivity index (χ1) is 9.86. The summed E-state index contributed by atoms with van der Waals surface area (Å²) >= 11 is 0. The van der Waals surface area contributed by atoms with Crippen LogP contribution in [0.15, 0.2) is 48.5 Å². The Bertz CT molecular complexity index is 651. The molecule has 3 rings (SSSR count). The summed E-state index contributed by atoms with van der Waals surface area (Å²) in [5, 5.41) is 0. The molecule has 6 heteroatoms. The zero-order valence-corrected chi connectivity index (χ0v) is 12.4. The number of alkyl halides is 3. The lowest BCUT2D eigenvalue weighted by atomic mass is 9.98. The second kappa shape index (κ2) is 5.82. The molecular formula is C16H15ClF3NO. The summed E-state index contributed by atoms with van der Waals surface area (Å²) in [6, 6.07) is 13.6. The van der Waals surface area contributed by atoms with Gasteiger partial charge in [0.05, 0.1) is 0 Å². The molecule has 0 spiro atoms. The van der Waals surface area contributed by atoms with Crippen LogP contribution in [-0.2, 0) is 5.54 Å². The molecule has 0 aliphatic heterocycles. The van der Waals surface area contributed by atoms with Gasteiger partial charge in [-0.05, 0) is 47.7 Å². The largest absolute Gasteiger partial charge is 0.573 e. The van der Waals surface area contributed by atoms with Gasteiger partial charge in [0.15, 0.2) is 0 Å². The maximum Gasteiger partial charge on any atom is 0.573 e. The number of hydrogen-bond acceptors (Lipinski definition) is 2. The van der Waals surface area contributed by atoms with Gasteiger partial charge in [-0.2, -0.15) is 0 Å². The Labute approximate surface area is 132 Å². The van der Waals surface area contributed by atoms with Crippen LogP contribution < -0.4 is 10.5 Å². The van der Waals surface area contributed by atoms with E-state index in [2.05, 4.69) is 4.74 Å². The van der Waals surface area contributed by atoms with Gasteiger partial charge in [0.2, 0.25) is 0 Å². The van der Waals surface area contributed by atoms with Crippen molar-refractivity contribution in [2.24, 2.45) is 5.73 Å². The van der Waals surface area contributed by atoms with Crippen LogP contribution in [0.1, 0.15) is 18.4 Å². The van der Waals surface area contributed by atoms with Crippen LogP contribution in [-0.4, -0.2) is 6.36 Å². The van der Waals surface area contributed by atoms with Crippen molar-refractivity contribution in [3.8, 4) is 16.9 Å². The number of ether oxygens (including phenoxy) is 1. The van der Waals surface area contributed by atoms with Gasteiger partial charge in [-0.1, -0.05) is 30.3 Å². The Balaban J connectivity index is 0.00000176. The van der Waals surface area contributed by atoms with E-state index in [0.29, 0.717) is 0 Å². The average molecular weight is 330 g/mol. The topological polar surface area (TPSA) is 35.2 Å². The molecule has 2 aromatic rings. The molecule has 0 radical (unpaired) electrons. The minimum Gasteiger partial charge on any atom is -0.406 e. The predicted molar refractivity (Wildman–Crippen MR) is 80.9 cm³/mol. The molecule has 2 N–H and O–H groups in total. The minimum absolute atomic E-state index is 0. The fourth-order valence-corrected chi connectivity index (χ4v) is 2.28. The average Bonchev–Trinajstić information content (AvgIpc) is 3.17. The normalized spacial score (nSPS) is 15.8. The van der Waals surface area contributed by atoms with Crippen LogP contribution in [0, 0.1) is 0 Å². The molecular weight excluding hydrogens is 315 g/mol. The molecule has 0 amide bonds. The highest BCUT2D eigenvalue weighted by molar-refractivity contribution is 5.85. The summed E-state index contributed by atoms with van der Waals surface area (Å²) < 4.78 is 40.2. The number of halogens is 4. The molecule has 118 valence electrons. The van der Waals surface area contributed by atoms with Crippen molar-refractivity contribution in [2.75, 3.05) is 0 Å². The Morgan fingerprint density at radius 3 is 2.14 bits per heavy atom. The van der Waals surface area contributed by atoms with Crippen molar-refractivity contribution in [1.82, 2.24) is 0 Å². The molecule has 1 saturated carbocycles. The van der Waals surface area contributed by atoms with Crippen molar-refractivity contribution >= 4 is 12.4 Å². The molecule has 0 saturated heterocycles. The molecule has 1 aliphatic rings. The smallest absolute Gasteiger partial charge is 0.406 e. The van der Waals surface area contributed by atoms with Crippen LogP contribution >= 0.6 is 12.4 Å². The summed E-state index contributed by atoms with van der Waals surface area (Å²) in [5.74, 6) is -0.222. The quantitative estimate of drug-likeness (QED) is 0.891. The standard InChI is InChI=1S/C16H14F3NO.ClH/c17-16(18,19)21-14-6-4-11(5-7-14)12-2-1-3-13(10-12)15(20)8-9-15;/h1-7,10H,8-9,20H2;1H. The zero-order chi connectivity index (χ0) is 15.1. The van der Waals surface area contributed by atoms with Crippen molar-refractivity contribution in [3.05, 3.63) is 54.1 Å². The van der Waals surface area contributed by atoms with Crippen molar-refractivity contribution in [1.29, 1.82) is 0 Å². The third kappa shape index (κ3) is 3.72. The van der Waals surface area contributed by atoms with Gasteiger partial charge in [-0.15, -0.1) is 25.6 Å². The van der Waals surface area contributed by atoms with Gasteiger partial charge in [-0.25, -0.2) is 0 Å². The summed E-state index contributed by atoms with van der Waals surface area (Å²) in [6.45, 7) is 0. The van der Waals surface area contributed by atoms with Crippen molar-refractivity contribution in [2.45, 2.75) is 24.7 Å². The minimum atomic E-state index is -4.67. The molecule has 0 unspecified atom stereocenters. The molecule has 1 aliphatic carbocycles. The fourth-order valence-electron chi connectivity index (χ4n) is 2.28. The molecule has 2 nitrogen and oxygen atoms in total. The van der Waals surface area contributed by atoms with E-state index in [-0.39, 0.29) is 23.7 Å². The van der Waals surface area contributed by atoms with E-state index in [4.69, 9.17) is 5.73 Å². The van der Waals surface area contributed by atoms with E-state index in [1.807, 2.05) is 24.3 Å². The summed E-state index contributed by atoms with van der Waals surface area (Å²) in [4.78, 5) is 0. The van der Waals surface area contributed by atoms with Gasteiger partial charge in [0.1, 0.15) is 5.75 Å². The SMILES string of the molecule is Cl.NC1(c2cccc(-c3ccc(OC(F)(F)F)cc3)c2)CC1. The number of rotatable bonds is 3. The second-order valence-corrected chi connectivity index (χ2v) is 5.31.